The van der Waals surface area contributed by atoms with Crippen LogP contribution in [0.5, 0.6) is 0 Å². The molecule has 0 aliphatic carbocycles. The number of rotatable bonds is 3. The molecule has 1 heterocycles. The number of aliphatic hydroxyl groups excluding tert-OH is 1. The third-order valence-electron chi connectivity index (χ3n) is 3.20. The fourth-order valence-corrected chi connectivity index (χ4v) is 2.41. The summed E-state index contributed by atoms with van der Waals surface area (Å²) in [6.45, 7) is 3.98. The van der Waals surface area contributed by atoms with Gasteiger partial charge >= 0.3 is 0 Å². The standard InChI is InChI=1S/C13H19NO/c1-11(15)13-8-5-9-14(13)10-12-6-3-2-4-7-12/h2-4,6-7,11,13,15H,5,8-10H2,1H3/t11-,13-/m0/s1. The van der Waals surface area contributed by atoms with Crippen molar-refractivity contribution < 1.29 is 5.11 Å². The highest BCUT2D eigenvalue weighted by molar-refractivity contribution is 5.14. The molecule has 0 amide bonds. The number of likely N-dealkylation sites (tertiary alicyclic amines) is 1. The van der Waals surface area contributed by atoms with Crippen LogP contribution in [0.3, 0.4) is 0 Å². The van der Waals surface area contributed by atoms with E-state index in [1.165, 1.54) is 12.0 Å². The summed E-state index contributed by atoms with van der Waals surface area (Å²) in [7, 11) is 0. The highest BCUT2D eigenvalue weighted by Gasteiger charge is 2.27. The summed E-state index contributed by atoms with van der Waals surface area (Å²) in [6.07, 6.45) is 2.13. The van der Waals surface area contributed by atoms with Crippen LogP contribution in [0.2, 0.25) is 0 Å². The molecule has 2 atom stereocenters. The smallest absolute Gasteiger partial charge is 0.0667 e. The Morgan fingerprint density at radius 1 is 1.40 bits per heavy atom. The summed E-state index contributed by atoms with van der Waals surface area (Å²) in [5.74, 6) is 0. The van der Waals surface area contributed by atoms with Crippen molar-refractivity contribution in [3.8, 4) is 0 Å². The minimum Gasteiger partial charge on any atom is -0.392 e. The first-order chi connectivity index (χ1) is 7.27. The van der Waals surface area contributed by atoms with Crippen LogP contribution < -0.4 is 0 Å². The first-order valence-electron chi connectivity index (χ1n) is 5.73. The number of hydrogen-bond donors (Lipinski definition) is 1. The van der Waals surface area contributed by atoms with E-state index in [0.717, 1.165) is 19.5 Å². The molecule has 2 heteroatoms. The fourth-order valence-electron chi connectivity index (χ4n) is 2.41. The Morgan fingerprint density at radius 2 is 2.13 bits per heavy atom. The van der Waals surface area contributed by atoms with E-state index < -0.39 is 0 Å². The lowest BCUT2D eigenvalue weighted by molar-refractivity contribution is 0.0828. The molecule has 2 nitrogen and oxygen atoms in total. The summed E-state index contributed by atoms with van der Waals surface area (Å²) in [5.41, 5.74) is 1.34. The maximum atomic E-state index is 9.66. The van der Waals surface area contributed by atoms with Gasteiger partial charge in [-0.05, 0) is 31.9 Å². The van der Waals surface area contributed by atoms with E-state index in [4.69, 9.17) is 0 Å². The Morgan fingerprint density at radius 3 is 2.80 bits per heavy atom. The Hall–Kier alpha value is -0.860. The average Bonchev–Trinajstić information content (AvgIpc) is 2.67. The largest absolute Gasteiger partial charge is 0.392 e. The van der Waals surface area contributed by atoms with Crippen LogP contribution in [0.4, 0.5) is 0 Å². The maximum Gasteiger partial charge on any atom is 0.0667 e. The molecule has 1 aliphatic rings. The van der Waals surface area contributed by atoms with E-state index in [2.05, 4.69) is 29.2 Å². The zero-order valence-corrected chi connectivity index (χ0v) is 9.26. The topological polar surface area (TPSA) is 23.5 Å². The van der Waals surface area contributed by atoms with Crippen molar-refractivity contribution in [1.29, 1.82) is 0 Å². The normalized spacial score (nSPS) is 24.3. The first kappa shape index (κ1) is 10.7. The van der Waals surface area contributed by atoms with Crippen molar-refractivity contribution in [2.45, 2.75) is 38.5 Å². The van der Waals surface area contributed by atoms with Crippen molar-refractivity contribution in [2.24, 2.45) is 0 Å². The molecule has 15 heavy (non-hydrogen) atoms. The molecular formula is C13H19NO. The van der Waals surface area contributed by atoms with Gasteiger partial charge in [-0.3, -0.25) is 4.90 Å². The molecule has 0 radical (unpaired) electrons. The number of hydrogen-bond acceptors (Lipinski definition) is 2. The Labute approximate surface area is 91.5 Å². The minimum atomic E-state index is -0.212. The van der Waals surface area contributed by atoms with Gasteiger partial charge in [0.05, 0.1) is 6.10 Å². The third kappa shape index (κ3) is 2.58. The monoisotopic (exact) mass is 205 g/mol. The molecule has 0 bridgehead atoms. The van der Waals surface area contributed by atoms with Gasteiger partial charge in [0.2, 0.25) is 0 Å². The highest BCUT2D eigenvalue weighted by Crippen LogP contribution is 2.22. The maximum absolute atomic E-state index is 9.66. The average molecular weight is 205 g/mol. The summed E-state index contributed by atoms with van der Waals surface area (Å²) in [4.78, 5) is 2.39. The summed E-state index contributed by atoms with van der Waals surface area (Å²) in [6, 6.07) is 10.8. The molecule has 0 saturated carbocycles. The highest BCUT2D eigenvalue weighted by atomic mass is 16.3. The Kier molecular flexibility index (Phi) is 3.39. The second kappa shape index (κ2) is 4.77. The van der Waals surface area contributed by atoms with Gasteiger partial charge in [0.15, 0.2) is 0 Å². The lowest BCUT2D eigenvalue weighted by atomic mass is 10.1. The third-order valence-corrected chi connectivity index (χ3v) is 3.20. The first-order valence-corrected chi connectivity index (χ1v) is 5.73. The van der Waals surface area contributed by atoms with E-state index in [1.807, 2.05) is 13.0 Å². The second-order valence-electron chi connectivity index (χ2n) is 4.41. The van der Waals surface area contributed by atoms with E-state index in [9.17, 15) is 5.11 Å². The molecule has 1 fully saturated rings. The second-order valence-corrected chi connectivity index (χ2v) is 4.41. The molecule has 0 unspecified atom stereocenters. The number of nitrogens with zero attached hydrogens (tertiary/aromatic N) is 1. The molecule has 0 spiro atoms. The molecule has 2 rings (SSSR count). The summed E-state index contributed by atoms with van der Waals surface area (Å²) in [5, 5.41) is 9.66. The van der Waals surface area contributed by atoms with Gasteiger partial charge in [-0.2, -0.15) is 0 Å². The van der Waals surface area contributed by atoms with Crippen LogP contribution in [0.1, 0.15) is 25.3 Å². The van der Waals surface area contributed by atoms with Crippen LogP contribution in [0, 0.1) is 0 Å². The van der Waals surface area contributed by atoms with Crippen LogP contribution >= 0.6 is 0 Å². The fraction of sp³-hybridized carbons (Fsp3) is 0.538. The quantitative estimate of drug-likeness (QED) is 0.816. The molecule has 1 aromatic rings. The van der Waals surface area contributed by atoms with Gasteiger partial charge in [-0.1, -0.05) is 30.3 Å². The predicted molar refractivity (Wildman–Crippen MR) is 61.6 cm³/mol. The van der Waals surface area contributed by atoms with Gasteiger partial charge in [-0.25, -0.2) is 0 Å². The molecule has 1 saturated heterocycles. The number of benzene rings is 1. The van der Waals surface area contributed by atoms with E-state index in [-0.39, 0.29) is 6.10 Å². The lowest BCUT2D eigenvalue weighted by Crippen LogP contribution is -2.36. The van der Waals surface area contributed by atoms with Gasteiger partial charge in [0.1, 0.15) is 0 Å². The molecule has 1 aromatic carbocycles. The molecular weight excluding hydrogens is 186 g/mol. The SMILES string of the molecule is C[C@H](O)[C@@H]1CCCN1Cc1ccccc1. The molecule has 0 aromatic heterocycles. The zero-order chi connectivity index (χ0) is 10.7. The van der Waals surface area contributed by atoms with Crippen molar-refractivity contribution in [3.05, 3.63) is 35.9 Å². The molecule has 82 valence electrons. The zero-order valence-electron chi connectivity index (χ0n) is 9.26. The van der Waals surface area contributed by atoms with Crippen molar-refractivity contribution in [2.75, 3.05) is 6.54 Å². The molecule has 1 N–H and O–H groups in total. The van der Waals surface area contributed by atoms with Gasteiger partial charge < -0.3 is 5.11 Å². The van der Waals surface area contributed by atoms with Crippen LogP contribution in [-0.4, -0.2) is 28.7 Å². The predicted octanol–water partition coefficient (Wildman–Crippen LogP) is 2.03. The van der Waals surface area contributed by atoms with E-state index in [1.54, 1.807) is 0 Å². The molecule has 1 aliphatic heterocycles. The van der Waals surface area contributed by atoms with Crippen molar-refractivity contribution >= 4 is 0 Å². The van der Waals surface area contributed by atoms with Crippen LogP contribution in [-0.2, 0) is 6.54 Å². The van der Waals surface area contributed by atoms with Crippen LogP contribution in [0.15, 0.2) is 30.3 Å². The van der Waals surface area contributed by atoms with Crippen LogP contribution in [0.25, 0.3) is 0 Å². The minimum absolute atomic E-state index is 0.212. The number of aliphatic hydroxyl groups is 1. The van der Waals surface area contributed by atoms with Gasteiger partial charge in [-0.15, -0.1) is 0 Å². The van der Waals surface area contributed by atoms with Crippen molar-refractivity contribution in [1.82, 2.24) is 4.90 Å². The lowest BCUT2D eigenvalue weighted by Gasteiger charge is -2.26. The van der Waals surface area contributed by atoms with E-state index in [0.29, 0.717) is 6.04 Å². The van der Waals surface area contributed by atoms with Crippen molar-refractivity contribution in [3.63, 3.8) is 0 Å². The Balaban J connectivity index is 2.00. The van der Waals surface area contributed by atoms with Gasteiger partial charge in [0.25, 0.3) is 0 Å². The van der Waals surface area contributed by atoms with Gasteiger partial charge in [0, 0.05) is 12.6 Å². The summed E-state index contributed by atoms with van der Waals surface area (Å²) < 4.78 is 0. The summed E-state index contributed by atoms with van der Waals surface area (Å²) >= 11 is 0. The van der Waals surface area contributed by atoms with E-state index >= 15 is 0 Å². The Bertz CT molecular complexity index is 297.